The molecule has 0 spiro atoms. The lowest BCUT2D eigenvalue weighted by Gasteiger charge is -2.31. The lowest BCUT2D eigenvalue weighted by atomic mass is 9.83. The van der Waals surface area contributed by atoms with Crippen molar-refractivity contribution in [1.82, 2.24) is 4.57 Å². The normalized spacial score (nSPS) is 16.8. The molecule has 2 aliphatic rings. The summed E-state index contributed by atoms with van der Waals surface area (Å²) < 4.78 is 9.48. The number of hydrogen-bond donors (Lipinski definition) is 1. The molecule has 8 heteroatoms. The first kappa shape index (κ1) is 23.9. The smallest absolute Gasteiger partial charge is 0.271 e. The van der Waals surface area contributed by atoms with Gasteiger partial charge in [0, 0.05) is 5.56 Å². The van der Waals surface area contributed by atoms with Gasteiger partial charge in [0.2, 0.25) is 0 Å². The van der Waals surface area contributed by atoms with Gasteiger partial charge in [-0.05, 0) is 111 Å². The fraction of sp³-hybridized carbons (Fsp3) is 0.143. The van der Waals surface area contributed by atoms with Gasteiger partial charge in [-0.3, -0.25) is 9.36 Å². The lowest BCUT2D eigenvalue weighted by molar-refractivity contribution is 0.413. The fourth-order valence-electron chi connectivity index (χ4n) is 4.95. The van der Waals surface area contributed by atoms with E-state index in [9.17, 15) is 9.90 Å². The molecule has 1 atom stereocenters. The molecule has 0 bridgehead atoms. The highest BCUT2D eigenvalue weighted by Crippen LogP contribution is 2.41. The number of phenolic OH excluding ortho intramolecular Hbond substituents is 1. The molecular formula is C28H20I2N2O3S. The van der Waals surface area contributed by atoms with Crippen molar-refractivity contribution in [3.05, 3.63) is 115 Å². The monoisotopic (exact) mass is 718 g/mol. The van der Waals surface area contributed by atoms with E-state index in [1.165, 1.54) is 16.9 Å². The first-order valence-electron chi connectivity index (χ1n) is 11.4. The van der Waals surface area contributed by atoms with Crippen LogP contribution in [0.4, 0.5) is 0 Å². The summed E-state index contributed by atoms with van der Waals surface area (Å²) in [5.41, 5.74) is 6.40. The van der Waals surface area contributed by atoms with E-state index in [0.717, 1.165) is 53.7 Å². The zero-order valence-electron chi connectivity index (χ0n) is 19.2. The lowest BCUT2D eigenvalue weighted by Crippen LogP contribution is -2.38. The topological polar surface area (TPSA) is 63.8 Å². The highest BCUT2D eigenvalue weighted by molar-refractivity contribution is 14.1. The Kier molecular flexibility index (Phi) is 6.29. The molecule has 0 radical (unpaired) electrons. The van der Waals surface area contributed by atoms with Crippen molar-refractivity contribution in [2.24, 2.45) is 4.99 Å². The van der Waals surface area contributed by atoms with Gasteiger partial charge in [-0.1, -0.05) is 47.7 Å². The van der Waals surface area contributed by atoms with E-state index < -0.39 is 0 Å². The van der Waals surface area contributed by atoms with Crippen molar-refractivity contribution in [3.8, 4) is 11.5 Å². The molecule has 0 unspecified atom stereocenters. The molecule has 4 aromatic rings. The molecule has 5 nitrogen and oxygen atoms in total. The van der Waals surface area contributed by atoms with E-state index in [1.807, 2.05) is 47.0 Å². The van der Waals surface area contributed by atoms with Crippen LogP contribution in [0.25, 0.3) is 11.8 Å². The summed E-state index contributed by atoms with van der Waals surface area (Å²) in [6.45, 7) is 0. The number of nitrogens with zero attached hydrogens (tertiary/aromatic N) is 2. The van der Waals surface area contributed by atoms with E-state index >= 15 is 0 Å². The molecule has 0 fully saturated rings. The Morgan fingerprint density at radius 2 is 1.86 bits per heavy atom. The number of aryl methyl sites for hydroxylation is 1. The van der Waals surface area contributed by atoms with Crippen LogP contribution in [0.3, 0.4) is 0 Å². The molecule has 3 aromatic carbocycles. The van der Waals surface area contributed by atoms with Crippen LogP contribution in [0.2, 0.25) is 0 Å². The Balaban J connectivity index is 1.62. The van der Waals surface area contributed by atoms with Crippen LogP contribution >= 0.6 is 56.5 Å². The number of methoxy groups -OCH3 is 1. The number of fused-ring (bicyclic) bond motifs is 3. The first-order chi connectivity index (χ1) is 17.4. The van der Waals surface area contributed by atoms with E-state index in [4.69, 9.17) is 9.73 Å². The van der Waals surface area contributed by atoms with E-state index in [2.05, 4.69) is 69.4 Å². The molecule has 0 amide bonds. The summed E-state index contributed by atoms with van der Waals surface area (Å²) in [4.78, 5) is 19.6. The maximum atomic E-state index is 13.9. The minimum Gasteiger partial charge on any atom is -0.506 e. The summed E-state index contributed by atoms with van der Waals surface area (Å²) in [5, 5.41) is 10.2. The molecule has 1 aromatic heterocycles. The number of phenols is 1. The third-order valence-corrected chi connectivity index (χ3v) is 9.25. The molecule has 180 valence electrons. The van der Waals surface area contributed by atoms with Crippen LogP contribution in [0.15, 0.2) is 76.0 Å². The summed E-state index contributed by atoms with van der Waals surface area (Å²) in [5.74, 6) is 1.03. The Morgan fingerprint density at radius 1 is 1.08 bits per heavy atom. The molecule has 1 aliphatic carbocycles. The largest absolute Gasteiger partial charge is 0.506 e. The quantitative estimate of drug-likeness (QED) is 0.295. The Labute approximate surface area is 238 Å². The number of aromatic nitrogens is 1. The van der Waals surface area contributed by atoms with Crippen molar-refractivity contribution < 1.29 is 9.84 Å². The average Bonchev–Trinajstić information content (AvgIpc) is 3.20. The van der Waals surface area contributed by atoms with Gasteiger partial charge in [0.15, 0.2) is 4.80 Å². The second kappa shape index (κ2) is 9.46. The highest BCUT2D eigenvalue weighted by Gasteiger charge is 2.32. The van der Waals surface area contributed by atoms with Crippen molar-refractivity contribution in [1.29, 1.82) is 0 Å². The van der Waals surface area contributed by atoms with Gasteiger partial charge in [-0.25, -0.2) is 4.99 Å². The van der Waals surface area contributed by atoms with Crippen molar-refractivity contribution in [2.75, 3.05) is 7.11 Å². The zero-order chi connectivity index (χ0) is 25.0. The predicted octanol–water partition coefficient (Wildman–Crippen LogP) is 5.24. The third kappa shape index (κ3) is 4.03. The molecule has 36 heavy (non-hydrogen) atoms. The van der Waals surface area contributed by atoms with Gasteiger partial charge < -0.3 is 9.84 Å². The molecule has 2 heterocycles. The molecule has 1 aliphatic heterocycles. The Hall–Kier alpha value is -2.44. The van der Waals surface area contributed by atoms with Gasteiger partial charge in [-0.2, -0.15) is 0 Å². The standard InChI is InChI=1S/C28H20I2N2O3S/c1-35-18-7-4-6-17(14-18)25-20-10-9-16-5-2-3-8-19(16)24(20)31-28-32(25)27(34)23(36-28)13-15-11-21(29)26(33)22(30)12-15/h2-8,11-14,25,33H,9-10H2,1H3/b23-13-/t25-/m0/s1. The van der Waals surface area contributed by atoms with Crippen LogP contribution in [-0.4, -0.2) is 16.8 Å². The highest BCUT2D eigenvalue weighted by atomic mass is 127. The minimum absolute atomic E-state index is 0.0601. The molecular weight excluding hydrogens is 698 g/mol. The Morgan fingerprint density at radius 3 is 2.64 bits per heavy atom. The van der Waals surface area contributed by atoms with Crippen molar-refractivity contribution in [3.63, 3.8) is 0 Å². The zero-order valence-corrected chi connectivity index (χ0v) is 24.3. The number of halogens is 2. The third-order valence-electron chi connectivity index (χ3n) is 6.62. The second-order valence-electron chi connectivity index (χ2n) is 8.72. The van der Waals surface area contributed by atoms with Gasteiger partial charge >= 0.3 is 0 Å². The van der Waals surface area contributed by atoms with Gasteiger partial charge in [-0.15, -0.1) is 0 Å². The maximum absolute atomic E-state index is 13.9. The maximum Gasteiger partial charge on any atom is 0.271 e. The molecule has 6 rings (SSSR count). The van der Waals surface area contributed by atoms with E-state index in [1.54, 1.807) is 7.11 Å². The molecule has 1 N–H and O–H groups in total. The average molecular weight is 718 g/mol. The minimum atomic E-state index is -0.248. The van der Waals surface area contributed by atoms with Crippen LogP contribution < -0.4 is 19.6 Å². The number of allylic oxidation sites excluding steroid dienone is 1. The summed E-state index contributed by atoms with van der Waals surface area (Å²) in [6, 6.07) is 19.9. The number of thiazole rings is 1. The van der Waals surface area contributed by atoms with Gasteiger partial charge in [0.25, 0.3) is 5.56 Å². The summed E-state index contributed by atoms with van der Waals surface area (Å²) >= 11 is 5.63. The van der Waals surface area contributed by atoms with Crippen molar-refractivity contribution >= 4 is 68.3 Å². The van der Waals surface area contributed by atoms with E-state index in [0.29, 0.717) is 9.33 Å². The number of benzene rings is 3. The van der Waals surface area contributed by atoms with Gasteiger partial charge in [0.05, 0.1) is 30.5 Å². The fourth-order valence-corrected chi connectivity index (χ4v) is 7.77. The van der Waals surface area contributed by atoms with Crippen LogP contribution in [-0.2, 0) is 6.42 Å². The number of hydrogen-bond acceptors (Lipinski definition) is 5. The second-order valence-corrected chi connectivity index (χ2v) is 12.1. The van der Waals surface area contributed by atoms with Crippen LogP contribution in [0.5, 0.6) is 11.5 Å². The van der Waals surface area contributed by atoms with Crippen LogP contribution in [0, 0.1) is 7.14 Å². The summed E-state index contributed by atoms with van der Waals surface area (Å²) in [6.07, 6.45) is 3.66. The Bertz CT molecular complexity index is 1730. The number of ether oxygens (including phenoxy) is 1. The SMILES string of the molecule is COc1cccc([C@H]2C3=C(N=c4s/c(=C\c5cc(I)c(O)c(I)c5)c(=O)n42)c2ccccc2CC3)c1. The first-order valence-corrected chi connectivity index (χ1v) is 14.4. The van der Waals surface area contributed by atoms with E-state index in [-0.39, 0.29) is 17.4 Å². The molecule has 0 saturated heterocycles. The number of rotatable bonds is 3. The van der Waals surface area contributed by atoms with Crippen LogP contribution in [0.1, 0.15) is 34.7 Å². The van der Waals surface area contributed by atoms with Gasteiger partial charge in [0.1, 0.15) is 11.5 Å². The van der Waals surface area contributed by atoms with Crippen molar-refractivity contribution in [2.45, 2.75) is 18.9 Å². The molecule has 0 saturated carbocycles. The predicted molar refractivity (Wildman–Crippen MR) is 159 cm³/mol. The summed E-state index contributed by atoms with van der Waals surface area (Å²) in [7, 11) is 1.66. The number of aromatic hydroxyl groups is 1.